The monoisotopic (exact) mass is 333 g/mol. The molecule has 7 heteroatoms. The highest BCUT2D eigenvalue weighted by Gasteiger charge is 2.39. The van der Waals surface area contributed by atoms with Crippen molar-refractivity contribution in [2.75, 3.05) is 26.3 Å². The number of ether oxygens (including phenoxy) is 1. The van der Waals surface area contributed by atoms with E-state index in [4.69, 9.17) is 4.74 Å². The maximum absolute atomic E-state index is 14.0. The van der Waals surface area contributed by atoms with Crippen LogP contribution < -0.4 is 0 Å². The lowest BCUT2D eigenvalue weighted by Gasteiger charge is -2.42. The van der Waals surface area contributed by atoms with Crippen molar-refractivity contribution in [3.05, 3.63) is 53.1 Å². The predicted molar refractivity (Wildman–Crippen MR) is 85.1 cm³/mol. The first-order valence-electron chi connectivity index (χ1n) is 7.82. The second kappa shape index (κ2) is 6.70. The molecule has 0 radical (unpaired) electrons. The van der Waals surface area contributed by atoms with Crippen molar-refractivity contribution in [3.8, 4) is 0 Å². The van der Waals surface area contributed by atoms with Gasteiger partial charge in [0, 0.05) is 18.7 Å². The normalized spacial score (nSPS) is 21.0. The van der Waals surface area contributed by atoms with Gasteiger partial charge in [-0.25, -0.2) is 4.39 Å². The van der Waals surface area contributed by atoms with E-state index in [1.54, 1.807) is 30.0 Å². The Balaban J connectivity index is 1.81. The first-order valence-corrected chi connectivity index (χ1v) is 7.82. The van der Waals surface area contributed by atoms with Gasteiger partial charge in [0.15, 0.2) is 0 Å². The topological polar surface area (TPSA) is 78.5 Å². The van der Waals surface area contributed by atoms with E-state index in [1.807, 2.05) is 0 Å². The molecular weight excluding hydrogens is 313 g/mol. The number of aryl methyl sites for hydroxylation is 1. The minimum atomic E-state index is -1.01. The van der Waals surface area contributed by atoms with E-state index in [2.05, 4.69) is 10.2 Å². The highest BCUT2D eigenvalue weighted by molar-refractivity contribution is 5.95. The van der Waals surface area contributed by atoms with Crippen LogP contribution in [0.15, 0.2) is 30.5 Å². The molecule has 1 atom stereocenters. The van der Waals surface area contributed by atoms with Gasteiger partial charge < -0.3 is 14.7 Å². The highest BCUT2D eigenvalue weighted by atomic mass is 19.1. The lowest BCUT2D eigenvalue weighted by atomic mass is 9.92. The van der Waals surface area contributed by atoms with Crippen LogP contribution in [0.25, 0.3) is 0 Å². The molecule has 128 valence electrons. The number of halogens is 1. The fraction of sp³-hybridized carbons (Fsp3) is 0.412. The summed E-state index contributed by atoms with van der Waals surface area (Å²) in [6.07, 6.45) is 1.69. The summed E-state index contributed by atoms with van der Waals surface area (Å²) in [5, 5.41) is 16.5. The molecule has 0 unspecified atom stereocenters. The number of hydrogen-bond donors (Lipinski definition) is 2. The minimum Gasteiger partial charge on any atom is -0.393 e. The molecule has 0 aliphatic carbocycles. The summed E-state index contributed by atoms with van der Waals surface area (Å²) in [5.41, 5.74) is 0.637. The zero-order valence-corrected chi connectivity index (χ0v) is 13.5. The fourth-order valence-electron chi connectivity index (χ4n) is 3.00. The van der Waals surface area contributed by atoms with Gasteiger partial charge in [-0.3, -0.25) is 9.89 Å². The molecule has 2 N–H and O–H groups in total. The zero-order chi connectivity index (χ0) is 17.2. The van der Waals surface area contributed by atoms with E-state index in [1.165, 1.54) is 12.3 Å². The van der Waals surface area contributed by atoms with Crippen LogP contribution in [0, 0.1) is 12.7 Å². The van der Waals surface area contributed by atoms with Crippen molar-refractivity contribution in [1.82, 2.24) is 15.1 Å². The van der Waals surface area contributed by atoms with Crippen molar-refractivity contribution < 1.29 is 19.0 Å². The molecule has 3 rings (SSSR count). The SMILES string of the molecule is Cc1[nH]ncc1C(=O)N1CCO[C@@](CO)(Cc2ccccc2F)C1. The maximum atomic E-state index is 14.0. The predicted octanol–water partition coefficient (Wildman–Crippen LogP) is 1.30. The standard InChI is InChI=1S/C17H20FN3O3/c1-12-14(9-19-20-12)16(23)21-6-7-24-17(10-21,11-22)8-13-4-2-3-5-15(13)18/h2-5,9,22H,6-8,10-11H2,1H3,(H,19,20)/t17-/m0/s1. The van der Waals surface area contributed by atoms with Gasteiger partial charge >= 0.3 is 0 Å². The first kappa shape index (κ1) is 16.6. The second-order valence-electron chi connectivity index (χ2n) is 6.09. The lowest BCUT2D eigenvalue weighted by Crippen LogP contribution is -2.57. The summed E-state index contributed by atoms with van der Waals surface area (Å²) in [6.45, 7) is 2.39. The maximum Gasteiger partial charge on any atom is 0.257 e. The minimum absolute atomic E-state index is 0.170. The van der Waals surface area contributed by atoms with Crippen LogP contribution in [0.5, 0.6) is 0 Å². The van der Waals surface area contributed by atoms with Crippen molar-refractivity contribution >= 4 is 5.91 Å². The molecule has 1 aliphatic heterocycles. The van der Waals surface area contributed by atoms with E-state index < -0.39 is 5.60 Å². The molecule has 1 aliphatic rings. The van der Waals surface area contributed by atoms with Gasteiger partial charge in [0.1, 0.15) is 11.4 Å². The Hall–Kier alpha value is -2.25. The van der Waals surface area contributed by atoms with Gasteiger partial charge in [0.25, 0.3) is 5.91 Å². The number of aromatic nitrogens is 2. The first-order chi connectivity index (χ1) is 11.5. The van der Waals surface area contributed by atoms with Crippen LogP contribution in [0.4, 0.5) is 4.39 Å². The molecular formula is C17H20FN3O3. The Bertz CT molecular complexity index is 733. The summed E-state index contributed by atoms with van der Waals surface area (Å²) in [5.74, 6) is -0.515. The molecule has 1 amide bonds. The van der Waals surface area contributed by atoms with Crippen molar-refractivity contribution in [2.24, 2.45) is 0 Å². The number of rotatable bonds is 4. The summed E-state index contributed by atoms with van der Waals surface area (Å²) < 4.78 is 19.7. The third-order valence-corrected chi connectivity index (χ3v) is 4.35. The molecule has 2 heterocycles. The number of nitrogens with zero attached hydrogens (tertiary/aromatic N) is 2. The number of carbonyl (C=O) groups excluding carboxylic acids is 1. The average Bonchev–Trinajstić information content (AvgIpc) is 3.02. The smallest absolute Gasteiger partial charge is 0.257 e. The number of aromatic amines is 1. The van der Waals surface area contributed by atoms with Crippen molar-refractivity contribution in [3.63, 3.8) is 0 Å². The number of amides is 1. The Morgan fingerprint density at radius 1 is 1.50 bits per heavy atom. The molecule has 0 saturated carbocycles. The Kier molecular flexibility index (Phi) is 4.64. The molecule has 1 saturated heterocycles. The van der Waals surface area contributed by atoms with E-state index in [0.29, 0.717) is 23.4 Å². The number of aliphatic hydroxyl groups is 1. The van der Waals surface area contributed by atoms with Crippen LogP contribution >= 0.6 is 0 Å². The quantitative estimate of drug-likeness (QED) is 0.884. The number of nitrogens with one attached hydrogen (secondary N) is 1. The third kappa shape index (κ3) is 3.18. The van der Waals surface area contributed by atoms with Gasteiger partial charge in [-0.15, -0.1) is 0 Å². The van der Waals surface area contributed by atoms with Crippen molar-refractivity contribution in [2.45, 2.75) is 18.9 Å². The molecule has 1 aromatic carbocycles. The van der Waals surface area contributed by atoms with Crippen molar-refractivity contribution in [1.29, 1.82) is 0 Å². The van der Waals surface area contributed by atoms with E-state index in [-0.39, 0.29) is 37.9 Å². The van der Waals surface area contributed by atoms with Gasteiger partial charge in [0.2, 0.25) is 0 Å². The van der Waals surface area contributed by atoms with Crippen LogP contribution in [-0.4, -0.2) is 58.0 Å². The van der Waals surface area contributed by atoms with Crippen LogP contribution in [0.1, 0.15) is 21.6 Å². The lowest BCUT2D eigenvalue weighted by molar-refractivity contribution is -0.123. The van der Waals surface area contributed by atoms with E-state index >= 15 is 0 Å². The highest BCUT2D eigenvalue weighted by Crippen LogP contribution is 2.25. The molecule has 1 aromatic heterocycles. The summed E-state index contributed by atoms with van der Waals surface area (Å²) in [7, 11) is 0. The van der Waals surface area contributed by atoms with Crippen LogP contribution in [0.2, 0.25) is 0 Å². The Morgan fingerprint density at radius 3 is 2.96 bits per heavy atom. The number of benzene rings is 1. The Labute approximate surface area is 139 Å². The summed E-state index contributed by atoms with van der Waals surface area (Å²) >= 11 is 0. The largest absolute Gasteiger partial charge is 0.393 e. The number of carbonyl (C=O) groups is 1. The number of hydrogen-bond acceptors (Lipinski definition) is 4. The Morgan fingerprint density at radius 2 is 2.29 bits per heavy atom. The van der Waals surface area contributed by atoms with E-state index in [9.17, 15) is 14.3 Å². The summed E-state index contributed by atoms with van der Waals surface area (Å²) in [6, 6.07) is 6.39. The van der Waals surface area contributed by atoms with Gasteiger partial charge in [0.05, 0.1) is 31.5 Å². The number of H-pyrrole nitrogens is 1. The third-order valence-electron chi connectivity index (χ3n) is 4.35. The van der Waals surface area contributed by atoms with Crippen LogP contribution in [-0.2, 0) is 11.2 Å². The molecule has 2 aromatic rings. The molecule has 24 heavy (non-hydrogen) atoms. The fourth-order valence-corrected chi connectivity index (χ4v) is 3.00. The number of aliphatic hydroxyl groups excluding tert-OH is 1. The van der Waals surface area contributed by atoms with Crippen LogP contribution in [0.3, 0.4) is 0 Å². The van der Waals surface area contributed by atoms with Gasteiger partial charge in [-0.1, -0.05) is 18.2 Å². The average molecular weight is 333 g/mol. The molecule has 1 fully saturated rings. The van der Waals surface area contributed by atoms with Gasteiger partial charge in [-0.2, -0.15) is 5.10 Å². The molecule has 6 nitrogen and oxygen atoms in total. The summed E-state index contributed by atoms with van der Waals surface area (Å²) in [4.78, 5) is 14.3. The van der Waals surface area contributed by atoms with E-state index in [0.717, 1.165) is 0 Å². The van der Waals surface area contributed by atoms with Gasteiger partial charge in [-0.05, 0) is 18.6 Å². The number of morpholine rings is 1. The molecule has 0 spiro atoms. The molecule has 0 bridgehead atoms. The second-order valence-corrected chi connectivity index (χ2v) is 6.09. The zero-order valence-electron chi connectivity index (χ0n) is 13.5.